The summed E-state index contributed by atoms with van der Waals surface area (Å²) < 4.78 is 1.52. The number of carbonyl (C=O) groups excluding carboxylic acids is 1. The van der Waals surface area contributed by atoms with Gasteiger partial charge in [-0.25, -0.2) is 0 Å². The summed E-state index contributed by atoms with van der Waals surface area (Å²) in [6, 6.07) is 13.6. The van der Waals surface area contributed by atoms with Crippen molar-refractivity contribution in [3.05, 3.63) is 48.3 Å². The topological polar surface area (TPSA) is 75.4 Å². The molecule has 1 aliphatic heterocycles. The van der Waals surface area contributed by atoms with Crippen LogP contribution < -0.4 is 5.32 Å². The molecule has 0 atom stereocenters. The number of likely N-dealkylation sites (tertiary alicyclic amines) is 1. The largest absolute Gasteiger partial charge is 0.349 e. The number of rotatable bonds is 6. The molecule has 3 aromatic rings. The predicted octanol–water partition coefficient (Wildman–Crippen LogP) is 2.79. The highest BCUT2D eigenvalue weighted by atomic mass is 16.2. The molecule has 28 heavy (non-hydrogen) atoms. The lowest BCUT2D eigenvalue weighted by molar-refractivity contribution is 0.0939. The van der Waals surface area contributed by atoms with Gasteiger partial charge in [-0.3, -0.25) is 4.79 Å². The summed E-state index contributed by atoms with van der Waals surface area (Å²) >= 11 is 0. The SMILES string of the molecule is O=C(NCCCN1CCCCCC1)c1nnc2ccc(-c3ccccc3)nn12. The Morgan fingerprint density at radius 2 is 1.75 bits per heavy atom. The van der Waals surface area contributed by atoms with Crippen molar-refractivity contribution in [2.75, 3.05) is 26.2 Å². The van der Waals surface area contributed by atoms with Gasteiger partial charge in [0.05, 0.1) is 5.69 Å². The third-order valence-electron chi connectivity index (χ3n) is 5.17. The molecule has 3 heterocycles. The van der Waals surface area contributed by atoms with Crippen molar-refractivity contribution in [3.8, 4) is 11.3 Å². The van der Waals surface area contributed by atoms with E-state index < -0.39 is 0 Å². The van der Waals surface area contributed by atoms with E-state index in [2.05, 4.69) is 25.5 Å². The molecule has 1 saturated heterocycles. The average Bonchev–Trinajstić information content (AvgIpc) is 2.99. The second-order valence-corrected chi connectivity index (χ2v) is 7.24. The maximum Gasteiger partial charge on any atom is 0.291 e. The van der Waals surface area contributed by atoms with Crippen molar-refractivity contribution in [2.45, 2.75) is 32.1 Å². The second-order valence-electron chi connectivity index (χ2n) is 7.24. The van der Waals surface area contributed by atoms with Crippen molar-refractivity contribution in [2.24, 2.45) is 0 Å². The predicted molar refractivity (Wildman–Crippen MR) is 108 cm³/mol. The van der Waals surface area contributed by atoms with Gasteiger partial charge in [0.1, 0.15) is 0 Å². The first-order valence-electron chi connectivity index (χ1n) is 10.1. The van der Waals surface area contributed by atoms with Gasteiger partial charge in [0.15, 0.2) is 5.65 Å². The zero-order chi connectivity index (χ0) is 19.2. The highest BCUT2D eigenvalue weighted by Crippen LogP contribution is 2.16. The molecule has 1 aromatic carbocycles. The summed E-state index contributed by atoms with van der Waals surface area (Å²) in [4.78, 5) is 15.1. The number of aromatic nitrogens is 4. The number of nitrogens with one attached hydrogen (secondary N) is 1. The standard InChI is InChI=1S/C21H26N6O/c28-21(22-13-8-16-26-14-6-1-2-7-15-26)20-24-23-19-12-11-18(25-27(19)20)17-9-4-3-5-10-17/h3-5,9-12H,1-2,6-8,13-16H2,(H,22,28). The van der Waals surface area contributed by atoms with Gasteiger partial charge in [0.25, 0.3) is 5.91 Å². The molecule has 2 aromatic heterocycles. The molecule has 0 saturated carbocycles. The van der Waals surface area contributed by atoms with E-state index in [4.69, 9.17) is 0 Å². The molecule has 1 fully saturated rings. The lowest BCUT2D eigenvalue weighted by atomic mass is 10.1. The molecule has 7 heteroatoms. The minimum atomic E-state index is -0.235. The zero-order valence-corrected chi connectivity index (χ0v) is 16.0. The average molecular weight is 378 g/mol. The Hall–Kier alpha value is -2.80. The van der Waals surface area contributed by atoms with E-state index in [0.717, 1.165) is 24.2 Å². The van der Waals surface area contributed by atoms with E-state index >= 15 is 0 Å². The van der Waals surface area contributed by atoms with Gasteiger partial charge < -0.3 is 10.2 Å². The fourth-order valence-electron chi connectivity index (χ4n) is 3.64. The number of amides is 1. The number of fused-ring (bicyclic) bond motifs is 1. The number of benzene rings is 1. The Kier molecular flexibility index (Phi) is 5.92. The molecule has 1 aliphatic rings. The fourth-order valence-corrected chi connectivity index (χ4v) is 3.64. The van der Waals surface area contributed by atoms with Crippen molar-refractivity contribution in [3.63, 3.8) is 0 Å². The second kappa shape index (κ2) is 8.93. The number of nitrogens with zero attached hydrogens (tertiary/aromatic N) is 5. The van der Waals surface area contributed by atoms with E-state index in [1.807, 2.05) is 42.5 Å². The smallest absolute Gasteiger partial charge is 0.291 e. The quantitative estimate of drug-likeness (QED) is 0.668. The summed E-state index contributed by atoms with van der Waals surface area (Å²) in [7, 11) is 0. The zero-order valence-electron chi connectivity index (χ0n) is 16.0. The molecule has 7 nitrogen and oxygen atoms in total. The van der Waals surface area contributed by atoms with E-state index in [1.165, 1.54) is 43.3 Å². The molecular weight excluding hydrogens is 352 g/mol. The first kappa shape index (κ1) is 18.6. The molecule has 0 aliphatic carbocycles. The minimum Gasteiger partial charge on any atom is -0.349 e. The Balaban J connectivity index is 1.38. The lowest BCUT2D eigenvalue weighted by Crippen LogP contribution is -2.31. The molecule has 146 valence electrons. The van der Waals surface area contributed by atoms with Gasteiger partial charge in [0, 0.05) is 12.1 Å². The van der Waals surface area contributed by atoms with Crippen LogP contribution in [0.3, 0.4) is 0 Å². The van der Waals surface area contributed by atoms with Crippen molar-refractivity contribution < 1.29 is 4.79 Å². The third kappa shape index (κ3) is 4.36. The summed E-state index contributed by atoms with van der Waals surface area (Å²) in [6.07, 6.45) is 6.18. The summed E-state index contributed by atoms with van der Waals surface area (Å²) in [6.45, 7) is 4.00. The number of carbonyl (C=O) groups is 1. The molecule has 1 amide bonds. The van der Waals surface area contributed by atoms with Crippen LogP contribution in [0, 0.1) is 0 Å². The van der Waals surface area contributed by atoms with Crippen LogP contribution in [0.2, 0.25) is 0 Å². The summed E-state index contributed by atoms with van der Waals surface area (Å²) in [5.41, 5.74) is 2.33. The summed E-state index contributed by atoms with van der Waals surface area (Å²) in [5, 5.41) is 15.6. The number of hydrogen-bond donors (Lipinski definition) is 1. The van der Waals surface area contributed by atoms with Crippen LogP contribution in [0.5, 0.6) is 0 Å². The summed E-state index contributed by atoms with van der Waals surface area (Å²) in [5.74, 6) is -0.0105. The lowest BCUT2D eigenvalue weighted by Gasteiger charge is -2.19. The molecule has 0 radical (unpaired) electrons. The highest BCUT2D eigenvalue weighted by Gasteiger charge is 2.16. The molecule has 1 N–H and O–H groups in total. The Bertz CT molecular complexity index is 915. The van der Waals surface area contributed by atoms with Crippen LogP contribution in [-0.4, -0.2) is 56.8 Å². The minimum absolute atomic E-state index is 0.225. The first-order valence-corrected chi connectivity index (χ1v) is 10.1. The van der Waals surface area contributed by atoms with Crippen molar-refractivity contribution in [1.82, 2.24) is 30.0 Å². The van der Waals surface area contributed by atoms with Crippen LogP contribution in [0.4, 0.5) is 0 Å². The van der Waals surface area contributed by atoms with Crippen LogP contribution >= 0.6 is 0 Å². The number of hydrogen-bond acceptors (Lipinski definition) is 5. The van der Waals surface area contributed by atoms with Gasteiger partial charge in [0.2, 0.25) is 5.82 Å². The molecular formula is C21H26N6O. The van der Waals surface area contributed by atoms with Gasteiger partial charge >= 0.3 is 0 Å². The van der Waals surface area contributed by atoms with E-state index in [1.54, 1.807) is 0 Å². The van der Waals surface area contributed by atoms with E-state index in [-0.39, 0.29) is 11.7 Å². The van der Waals surface area contributed by atoms with Crippen LogP contribution in [0.1, 0.15) is 42.7 Å². The van der Waals surface area contributed by atoms with E-state index in [0.29, 0.717) is 12.2 Å². The van der Waals surface area contributed by atoms with Gasteiger partial charge in [-0.05, 0) is 51.0 Å². The molecule has 0 bridgehead atoms. The molecule has 0 unspecified atom stereocenters. The van der Waals surface area contributed by atoms with Crippen LogP contribution in [0.15, 0.2) is 42.5 Å². The maximum absolute atomic E-state index is 12.6. The Labute approximate surface area is 164 Å². The first-order chi connectivity index (χ1) is 13.8. The molecule has 0 spiro atoms. The van der Waals surface area contributed by atoms with Gasteiger partial charge in [-0.2, -0.15) is 9.61 Å². The van der Waals surface area contributed by atoms with E-state index in [9.17, 15) is 4.79 Å². The van der Waals surface area contributed by atoms with Crippen molar-refractivity contribution >= 4 is 11.6 Å². The van der Waals surface area contributed by atoms with Gasteiger partial charge in [-0.1, -0.05) is 43.2 Å². The third-order valence-corrected chi connectivity index (χ3v) is 5.17. The van der Waals surface area contributed by atoms with Crippen molar-refractivity contribution in [1.29, 1.82) is 0 Å². The molecule has 4 rings (SSSR count). The Morgan fingerprint density at radius 1 is 0.964 bits per heavy atom. The highest BCUT2D eigenvalue weighted by molar-refractivity contribution is 5.91. The van der Waals surface area contributed by atoms with Crippen LogP contribution in [-0.2, 0) is 0 Å². The maximum atomic E-state index is 12.6. The Morgan fingerprint density at radius 3 is 2.54 bits per heavy atom. The van der Waals surface area contributed by atoms with Crippen LogP contribution in [0.25, 0.3) is 16.9 Å². The van der Waals surface area contributed by atoms with Gasteiger partial charge in [-0.15, -0.1) is 10.2 Å². The normalized spacial score (nSPS) is 15.4. The fraction of sp³-hybridized carbons (Fsp3) is 0.429. The monoisotopic (exact) mass is 378 g/mol.